The summed E-state index contributed by atoms with van der Waals surface area (Å²) in [7, 11) is 5.34. The van der Waals surface area contributed by atoms with Gasteiger partial charge in [-0.05, 0) is 0 Å². The monoisotopic (exact) mass is 452 g/mol. The van der Waals surface area contributed by atoms with E-state index in [2.05, 4.69) is 4.74 Å². The second kappa shape index (κ2) is 10.7. The molecular weight excluding hydrogens is 426 g/mol. The van der Waals surface area contributed by atoms with Crippen LogP contribution in [-0.4, -0.2) is 111 Å². The summed E-state index contributed by atoms with van der Waals surface area (Å²) in [4.78, 5) is 68.9. The third-order valence-corrected chi connectivity index (χ3v) is 3.87. The van der Waals surface area contributed by atoms with Crippen LogP contribution in [0, 0.1) is 0 Å². The number of quaternary nitrogens is 1. The highest BCUT2D eigenvalue weighted by Crippen LogP contribution is 2.26. The van der Waals surface area contributed by atoms with Gasteiger partial charge < -0.3 is 39.5 Å². The number of aliphatic hydroxyl groups is 1. The number of rotatable bonds is 14. The highest BCUT2D eigenvalue weighted by molar-refractivity contribution is 5.93. The molecule has 14 nitrogen and oxygen atoms in total. The lowest BCUT2D eigenvalue weighted by Crippen LogP contribution is -2.50. The average molecular weight is 452 g/mol. The number of likely N-dealkylation sites (N-methyl/N-ethyl adjacent to an activating group) is 1. The van der Waals surface area contributed by atoms with Gasteiger partial charge in [0.05, 0.1) is 46.8 Å². The minimum atomic E-state index is -3.15. The summed E-state index contributed by atoms with van der Waals surface area (Å²) < 4.78 is 9.86. The molecule has 0 spiro atoms. The first-order valence-electron chi connectivity index (χ1n) is 8.73. The lowest BCUT2D eigenvalue weighted by Gasteiger charge is -2.29. The van der Waals surface area contributed by atoms with E-state index >= 15 is 0 Å². The first-order chi connectivity index (χ1) is 13.9. The highest BCUT2D eigenvalue weighted by Gasteiger charge is 2.50. The van der Waals surface area contributed by atoms with Gasteiger partial charge in [-0.1, -0.05) is 0 Å². The van der Waals surface area contributed by atoms with Gasteiger partial charge in [-0.2, -0.15) is 0 Å². The molecule has 0 aliphatic heterocycles. The standard InChI is InChI=1S/C17H25NO13/c1-18(2,3)4-5-30-12(23)9-17(15(27)28,7-11(21)22)31-13(24)8-16(29,14(25)26)6-10(19)20/h29H,4-9H2,1-3H3,(H3-,19,20,21,22,25,26,27,28)/p+1. The minimum absolute atomic E-state index is 0.156. The van der Waals surface area contributed by atoms with Crippen molar-refractivity contribution in [3.63, 3.8) is 0 Å². The highest BCUT2D eigenvalue weighted by atomic mass is 16.6. The van der Waals surface area contributed by atoms with E-state index in [1.54, 1.807) is 21.1 Å². The first-order valence-corrected chi connectivity index (χ1v) is 8.73. The maximum Gasteiger partial charge on any atom is 0.349 e. The van der Waals surface area contributed by atoms with Gasteiger partial charge in [0.1, 0.15) is 13.2 Å². The van der Waals surface area contributed by atoms with Gasteiger partial charge in [-0.25, -0.2) is 9.59 Å². The van der Waals surface area contributed by atoms with E-state index < -0.39 is 72.7 Å². The number of carboxylic acid groups (broad SMARTS) is 4. The van der Waals surface area contributed by atoms with E-state index in [9.17, 15) is 39.0 Å². The molecule has 0 bridgehead atoms. The molecule has 0 aliphatic rings. The van der Waals surface area contributed by atoms with E-state index in [1.165, 1.54) is 0 Å². The molecule has 176 valence electrons. The molecule has 0 heterocycles. The molecule has 0 saturated carbocycles. The summed E-state index contributed by atoms with van der Waals surface area (Å²) in [6, 6.07) is 0. The fraction of sp³-hybridized carbons (Fsp3) is 0.647. The van der Waals surface area contributed by atoms with Crippen molar-refractivity contribution in [1.82, 2.24) is 0 Å². The Balaban J connectivity index is 5.62. The van der Waals surface area contributed by atoms with Crippen LogP contribution in [0.25, 0.3) is 0 Å². The van der Waals surface area contributed by atoms with E-state index in [0.29, 0.717) is 11.0 Å². The third-order valence-electron chi connectivity index (χ3n) is 3.87. The molecule has 0 radical (unpaired) electrons. The number of carboxylic acids is 4. The summed E-state index contributed by atoms with van der Waals surface area (Å²) in [5, 5.41) is 46.0. The number of ether oxygens (including phenoxy) is 2. The van der Waals surface area contributed by atoms with Crippen LogP contribution >= 0.6 is 0 Å². The first kappa shape index (κ1) is 27.7. The molecule has 0 fully saturated rings. The van der Waals surface area contributed by atoms with Crippen LogP contribution in [0.15, 0.2) is 0 Å². The zero-order valence-corrected chi connectivity index (χ0v) is 17.2. The normalized spacial score (nSPS) is 15.1. The van der Waals surface area contributed by atoms with Gasteiger partial charge in [-0.3, -0.25) is 19.2 Å². The molecule has 0 aromatic carbocycles. The van der Waals surface area contributed by atoms with Crippen molar-refractivity contribution in [2.75, 3.05) is 34.3 Å². The van der Waals surface area contributed by atoms with E-state index in [-0.39, 0.29) is 6.61 Å². The van der Waals surface area contributed by atoms with Crippen molar-refractivity contribution < 1.29 is 68.3 Å². The predicted molar refractivity (Wildman–Crippen MR) is 96.6 cm³/mol. The molecule has 0 aromatic heterocycles. The van der Waals surface area contributed by atoms with Gasteiger partial charge in [0, 0.05) is 0 Å². The molecule has 0 aromatic rings. The summed E-state index contributed by atoms with van der Waals surface area (Å²) in [5.74, 6) is -10.6. The summed E-state index contributed by atoms with van der Waals surface area (Å²) in [5.41, 5.74) is -6.12. The van der Waals surface area contributed by atoms with Crippen molar-refractivity contribution in [3.8, 4) is 0 Å². The van der Waals surface area contributed by atoms with Crippen molar-refractivity contribution >= 4 is 35.8 Å². The fourth-order valence-corrected chi connectivity index (χ4v) is 2.25. The molecule has 0 aliphatic carbocycles. The van der Waals surface area contributed by atoms with Crippen LogP contribution in [0.2, 0.25) is 0 Å². The van der Waals surface area contributed by atoms with Crippen molar-refractivity contribution in [3.05, 3.63) is 0 Å². The number of hydrogen-bond acceptors (Lipinski definition) is 9. The molecule has 0 amide bonds. The van der Waals surface area contributed by atoms with Crippen molar-refractivity contribution in [2.24, 2.45) is 0 Å². The largest absolute Gasteiger partial charge is 0.481 e. The molecule has 14 heteroatoms. The Bertz CT molecular complexity index is 741. The Hall–Kier alpha value is -3.26. The molecule has 0 saturated heterocycles. The lowest BCUT2D eigenvalue weighted by molar-refractivity contribution is -0.870. The van der Waals surface area contributed by atoms with E-state index in [4.69, 9.17) is 20.1 Å². The van der Waals surface area contributed by atoms with Crippen LogP contribution in [-0.2, 0) is 38.2 Å². The number of aliphatic carboxylic acids is 4. The van der Waals surface area contributed by atoms with Crippen molar-refractivity contribution in [2.45, 2.75) is 36.9 Å². The predicted octanol–water partition coefficient (Wildman–Crippen LogP) is -1.85. The van der Waals surface area contributed by atoms with Gasteiger partial charge in [0.25, 0.3) is 0 Å². The Morgan fingerprint density at radius 3 is 1.65 bits per heavy atom. The van der Waals surface area contributed by atoms with Crippen molar-refractivity contribution in [1.29, 1.82) is 0 Å². The van der Waals surface area contributed by atoms with Gasteiger partial charge in [0.2, 0.25) is 5.60 Å². The van der Waals surface area contributed by atoms with Crippen LogP contribution in [0.3, 0.4) is 0 Å². The number of carbonyl (C=O) groups excluding carboxylic acids is 2. The maximum absolute atomic E-state index is 12.1. The molecule has 2 atom stereocenters. The SMILES string of the molecule is C[N+](C)(C)CCOC(=O)CC(CC(=O)O)(OC(=O)CC(O)(CC(=O)O)C(=O)O)C(=O)O. The molecule has 0 rings (SSSR count). The Kier molecular flexibility index (Phi) is 9.55. The zero-order valence-electron chi connectivity index (χ0n) is 17.2. The topological polar surface area (TPSA) is 222 Å². The minimum Gasteiger partial charge on any atom is -0.481 e. The van der Waals surface area contributed by atoms with Gasteiger partial charge >= 0.3 is 35.8 Å². The summed E-state index contributed by atoms with van der Waals surface area (Å²) in [6.07, 6.45) is -5.55. The molecule has 5 N–H and O–H groups in total. The summed E-state index contributed by atoms with van der Waals surface area (Å²) >= 11 is 0. The second-order valence-electron chi connectivity index (χ2n) is 7.84. The van der Waals surface area contributed by atoms with Crippen LogP contribution in [0.4, 0.5) is 0 Å². The smallest absolute Gasteiger partial charge is 0.349 e. The fourth-order valence-electron chi connectivity index (χ4n) is 2.25. The quantitative estimate of drug-likeness (QED) is 0.144. The Morgan fingerprint density at radius 2 is 1.26 bits per heavy atom. The zero-order chi connectivity index (χ0) is 24.6. The van der Waals surface area contributed by atoms with Crippen LogP contribution in [0.1, 0.15) is 25.7 Å². The van der Waals surface area contributed by atoms with E-state index in [1.807, 2.05) is 0 Å². The van der Waals surface area contributed by atoms with Gasteiger partial charge in [0.15, 0.2) is 5.60 Å². The van der Waals surface area contributed by atoms with E-state index in [0.717, 1.165) is 0 Å². The lowest BCUT2D eigenvalue weighted by atomic mass is 9.93. The van der Waals surface area contributed by atoms with Gasteiger partial charge in [-0.15, -0.1) is 0 Å². The molecular formula is C17H26NO13+. The Labute approximate surface area is 176 Å². The molecule has 2 unspecified atom stereocenters. The van der Waals surface area contributed by atoms with Crippen LogP contribution < -0.4 is 0 Å². The number of esters is 2. The number of nitrogens with zero attached hydrogens (tertiary/aromatic N) is 1. The second-order valence-corrected chi connectivity index (χ2v) is 7.84. The average Bonchev–Trinajstić information content (AvgIpc) is 2.50. The molecule has 31 heavy (non-hydrogen) atoms. The summed E-state index contributed by atoms with van der Waals surface area (Å²) in [6.45, 7) is 0.168. The number of carbonyl (C=O) groups is 6. The van der Waals surface area contributed by atoms with Crippen LogP contribution in [0.5, 0.6) is 0 Å². The third kappa shape index (κ3) is 9.86. The Morgan fingerprint density at radius 1 is 0.742 bits per heavy atom. The number of hydrogen-bond donors (Lipinski definition) is 5. The maximum atomic E-state index is 12.1.